The van der Waals surface area contributed by atoms with Crippen LogP contribution in [-0.4, -0.2) is 226 Å². The molecule has 81 heavy (non-hydrogen) atoms. The van der Waals surface area contributed by atoms with E-state index in [-0.39, 0.29) is 0 Å². The molecule has 6 fully saturated rings. The molecule has 0 aromatic heterocycles. The summed E-state index contributed by atoms with van der Waals surface area (Å²) < 4.78 is 31.9. The fourth-order valence-corrected chi connectivity index (χ4v) is 10.4. The van der Waals surface area contributed by atoms with Crippen LogP contribution in [0.5, 0.6) is 0 Å². The minimum Gasteiger partial charge on any atom is -0.379 e. The van der Waals surface area contributed by atoms with E-state index in [2.05, 4.69) is 154 Å². The van der Waals surface area contributed by atoms with Crippen molar-refractivity contribution < 1.29 is 28.4 Å². The first-order valence-corrected chi connectivity index (χ1v) is 33.8. The largest absolute Gasteiger partial charge is 0.379 e. The van der Waals surface area contributed by atoms with Gasteiger partial charge in [-0.05, 0) is 123 Å². The number of hydrogen-bond acceptors (Lipinski definition) is 12. The van der Waals surface area contributed by atoms with Crippen molar-refractivity contribution in [2.45, 2.75) is 221 Å². The standard InChI is InChI=1S/C14H29NO.C13H27NO.C12H25NO.C11H23NO.C10H21NO.C9H19NO/c1-14(2,3)8-6-4-5-7-9-15-10-12-16-13-11-15;1-13(2,3)7-5-4-6-8-14-9-11-15-12-10-14;1-12(2,3)6-4-5-7-13-8-10-14-11-9-13;1-11(2,3)5-4-6-12-7-9-13-10-8-12;1-10(2,3)4-5-11-6-8-12-9-7-11;1-9(2,3)8-10-4-6-11-7-5-10/h4-13H2,1-3H3;4-12H2,1-3H3;4-11H2,1-3H3;4-10H2,1-3H3;4-9H2,1-3H3;4-8H2,1-3H3. The lowest BCUT2D eigenvalue weighted by atomic mass is 9.89. The van der Waals surface area contributed by atoms with Crippen LogP contribution in [0.4, 0.5) is 0 Å². The van der Waals surface area contributed by atoms with Gasteiger partial charge in [0.15, 0.2) is 0 Å². The SMILES string of the molecule is CC(C)(C)CCCCCCN1CCOCC1.CC(C)(C)CCCCCN1CCOCC1.CC(C)(C)CCCCN1CCOCC1.CC(C)(C)CCCN1CCOCC1.CC(C)(C)CCN1CCOCC1.CC(C)(C)CN1CCOCC1. The van der Waals surface area contributed by atoms with Gasteiger partial charge in [0.2, 0.25) is 0 Å². The van der Waals surface area contributed by atoms with Gasteiger partial charge >= 0.3 is 0 Å². The fourth-order valence-electron chi connectivity index (χ4n) is 10.4. The zero-order chi connectivity index (χ0) is 60.5. The number of ether oxygens (including phenoxy) is 6. The van der Waals surface area contributed by atoms with Gasteiger partial charge in [0, 0.05) is 85.1 Å². The van der Waals surface area contributed by atoms with Gasteiger partial charge in [0.05, 0.1) is 79.3 Å². The molecule has 6 heterocycles. The first-order valence-electron chi connectivity index (χ1n) is 33.8. The van der Waals surface area contributed by atoms with Crippen LogP contribution in [-0.2, 0) is 28.4 Å². The Hall–Kier alpha value is -0.480. The molecule has 0 bridgehead atoms. The van der Waals surface area contributed by atoms with E-state index in [0.717, 1.165) is 158 Å². The topological polar surface area (TPSA) is 74.8 Å². The highest BCUT2D eigenvalue weighted by Gasteiger charge is 2.20. The van der Waals surface area contributed by atoms with Gasteiger partial charge in [0.25, 0.3) is 0 Å². The third-order valence-electron chi connectivity index (χ3n) is 15.6. The van der Waals surface area contributed by atoms with Crippen LogP contribution in [0.25, 0.3) is 0 Å². The maximum atomic E-state index is 5.34. The normalized spacial score (nSPS) is 20.2. The minimum atomic E-state index is 0.428. The summed E-state index contributed by atoms with van der Waals surface area (Å²) in [5.41, 5.74) is 2.93. The molecule has 0 aromatic carbocycles. The molecule has 0 N–H and O–H groups in total. The molecule has 12 heteroatoms. The lowest BCUT2D eigenvalue weighted by Crippen LogP contribution is -2.41. The summed E-state index contributed by atoms with van der Waals surface area (Å²) >= 11 is 0. The van der Waals surface area contributed by atoms with Crippen LogP contribution in [0.2, 0.25) is 0 Å². The number of morpholine rings is 6. The predicted molar refractivity (Wildman–Crippen MR) is 350 cm³/mol. The third-order valence-corrected chi connectivity index (χ3v) is 15.6. The van der Waals surface area contributed by atoms with Crippen molar-refractivity contribution in [3.8, 4) is 0 Å². The molecule has 486 valence electrons. The molecule has 0 atom stereocenters. The van der Waals surface area contributed by atoms with Gasteiger partial charge < -0.3 is 28.4 Å². The van der Waals surface area contributed by atoms with Crippen LogP contribution in [0.1, 0.15) is 221 Å². The summed E-state index contributed by atoms with van der Waals surface area (Å²) in [6, 6.07) is 0. The van der Waals surface area contributed by atoms with Gasteiger partial charge in [-0.25, -0.2) is 0 Å². The second-order valence-electron chi connectivity index (χ2n) is 31.8. The molecule has 0 amide bonds. The van der Waals surface area contributed by atoms with E-state index in [1.54, 1.807) is 0 Å². The molecule has 0 aliphatic carbocycles. The van der Waals surface area contributed by atoms with E-state index < -0.39 is 0 Å². The van der Waals surface area contributed by atoms with Crippen molar-refractivity contribution in [2.24, 2.45) is 32.5 Å². The van der Waals surface area contributed by atoms with Gasteiger partial charge in [-0.2, -0.15) is 0 Å². The maximum Gasteiger partial charge on any atom is 0.0594 e. The Bertz CT molecular complexity index is 1380. The molecule has 6 aliphatic heterocycles. The predicted octanol–water partition coefficient (Wildman–Crippen LogP) is 14.0. The Balaban J connectivity index is 0.000000488. The quantitative estimate of drug-likeness (QED) is 0.103. The van der Waals surface area contributed by atoms with Crippen molar-refractivity contribution in [1.82, 2.24) is 29.4 Å². The maximum absolute atomic E-state index is 5.34. The number of unbranched alkanes of at least 4 members (excludes halogenated alkanes) is 6. The van der Waals surface area contributed by atoms with E-state index in [0.29, 0.717) is 32.5 Å². The molecule has 0 aromatic rings. The van der Waals surface area contributed by atoms with Crippen LogP contribution in [0, 0.1) is 32.5 Å². The van der Waals surface area contributed by atoms with Crippen LogP contribution >= 0.6 is 0 Å². The Morgan fingerprint density at radius 1 is 0.198 bits per heavy atom. The molecule has 0 unspecified atom stereocenters. The lowest BCUT2D eigenvalue weighted by molar-refractivity contribution is 0.0236. The van der Waals surface area contributed by atoms with E-state index in [1.165, 1.54) is 136 Å². The van der Waals surface area contributed by atoms with Crippen molar-refractivity contribution in [3.05, 3.63) is 0 Å². The fraction of sp³-hybridized carbons (Fsp3) is 1.00. The smallest absolute Gasteiger partial charge is 0.0594 e. The van der Waals surface area contributed by atoms with Crippen molar-refractivity contribution in [3.63, 3.8) is 0 Å². The van der Waals surface area contributed by atoms with Gasteiger partial charge in [-0.1, -0.05) is 163 Å². The first-order chi connectivity index (χ1) is 38.0. The van der Waals surface area contributed by atoms with E-state index in [1.807, 2.05) is 0 Å². The van der Waals surface area contributed by atoms with E-state index in [9.17, 15) is 0 Å². The van der Waals surface area contributed by atoms with E-state index >= 15 is 0 Å². The van der Waals surface area contributed by atoms with Crippen LogP contribution in [0.15, 0.2) is 0 Å². The Labute approximate surface area is 506 Å². The zero-order valence-electron chi connectivity index (χ0n) is 58.0. The molecule has 6 saturated heterocycles. The molecule has 0 saturated carbocycles. The summed E-state index contributed by atoms with van der Waals surface area (Å²) in [6.45, 7) is 73.8. The summed E-state index contributed by atoms with van der Waals surface area (Å²) in [5.74, 6) is 0. The van der Waals surface area contributed by atoms with Crippen molar-refractivity contribution in [2.75, 3.05) is 197 Å². The lowest BCUT2D eigenvalue weighted by Gasteiger charge is -2.32. The second-order valence-corrected chi connectivity index (χ2v) is 31.8. The highest BCUT2D eigenvalue weighted by Crippen LogP contribution is 2.25. The van der Waals surface area contributed by atoms with E-state index in [4.69, 9.17) is 28.4 Å². The number of hydrogen-bond donors (Lipinski definition) is 0. The van der Waals surface area contributed by atoms with Crippen molar-refractivity contribution >= 4 is 0 Å². The molecular weight excluding hydrogens is 1010 g/mol. The summed E-state index contributed by atoms with van der Waals surface area (Å²) in [7, 11) is 0. The molecule has 0 spiro atoms. The average molecular weight is 1150 g/mol. The summed E-state index contributed by atoms with van der Waals surface area (Å²) in [6.07, 6.45) is 20.4. The Kier molecular flexibility index (Phi) is 43.5. The Morgan fingerprint density at radius 3 is 0.667 bits per heavy atom. The molecule has 0 radical (unpaired) electrons. The minimum absolute atomic E-state index is 0.428. The molecule has 6 aliphatic rings. The van der Waals surface area contributed by atoms with Gasteiger partial charge in [0.1, 0.15) is 0 Å². The Morgan fingerprint density at radius 2 is 0.395 bits per heavy atom. The van der Waals surface area contributed by atoms with Gasteiger partial charge in [-0.3, -0.25) is 29.4 Å². The molecular formula is C69H144N6O6. The van der Waals surface area contributed by atoms with Crippen molar-refractivity contribution in [1.29, 1.82) is 0 Å². The molecule has 12 nitrogen and oxygen atoms in total. The van der Waals surface area contributed by atoms with Gasteiger partial charge in [-0.15, -0.1) is 0 Å². The van der Waals surface area contributed by atoms with Crippen LogP contribution in [0.3, 0.4) is 0 Å². The molecule has 6 rings (SSSR count). The first kappa shape index (κ1) is 78.5. The second kappa shape index (κ2) is 44.9. The number of nitrogens with zero attached hydrogens (tertiary/aromatic N) is 6. The van der Waals surface area contributed by atoms with Crippen LogP contribution < -0.4 is 0 Å². The number of rotatable bonds is 21. The summed E-state index contributed by atoms with van der Waals surface area (Å²) in [5, 5.41) is 0. The highest BCUT2D eigenvalue weighted by atomic mass is 16.5. The summed E-state index contributed by atoms with van der Waals surface area (Å²) in [4.78, 5) is 15.1. The third kappa shape index (κ3) is 55.8. The average Bonchev–Trinajstić information content (AvgIpc) is 3.39. The monoisotopic (exact) mass is 1150 g/mol. The zero-order valence-corrected chi connectivity index (χ0v) is 58.0. The highest BCUT2D eigenvalue weighted by molar-refractivity contribution is 4.73.